The first-order valence-corrected chi connectivity index (χ1v) is 7.76. The molecule has 128 valence electrons. The summed E-state index contributed by atoms with van der Waals surface area (Å²) in [4.78, 5) is 4.25. The molecule has 0 aliphatic rings. The van der Waals surface area contributed by atoms with Gasteiger partial charge in [-0.05, 0) is 11.8 Å². The van der Waals surface area contributed by atoms with Crippen molar-refractivity contribution in [2.75, 3.05) is 13.6 Å². The van der Waals surface area contributed by atoms with Crippen LogP contribution in [0.5, 0.6) is 0 Å². The van der Waals surface area contributed by atoms with Crippen molar-refractivity contribution in [2.45, 2.75) is 53.0 Å². The second kappa shape index (κ2) is 10.8. The van der Waals surface area contributed by atoms with Crippen molar-refractivity contribution < 1.29 is 0 Å². The van der Waals surface area contributed by atoms with Gasteiger partial charge in [0.2, 0.25) is 0 Å². The van der Waals surface area contributed by atoms with Crippen LogP contribution in [0.1, 0.15) is 52.3 Å². The summed E-state index contributed by atoms with van der Waals surface area (Å²) in [5.41, 5.74) is 0.275. The predicted molar refractivity (Wildman–Crippen MR) is 103 cm³/mol. The molecule has 0 fully saturated rings. The van der Waals surface area contributed by atoms with Crippen LogP contribution < -0.4 is 10.6 Å². The number of halogens is 1. The van der Waals surface area contributed by atoms with Gasteiger partial charge in [0.1, 0.15) is 6.33 Å². The summed E-state index contributed by atoms with van der Waals surface area (Å²) < 4.78 is 1.90. The zero-order chi connectivity index (χ0) is 15.7. The maximum atomic E-state index is 4.25. The van der Waals surface area contributed by atoms with Gasteiger partial charge in [0.25, 0.3) is 0 Å². The minimum atomic E-state index is 0. The molecular weight excluding hydrogens is 391 g/mol. The molecule has 1 rings (SSSR count). The van der Waals surface area contributed by atoms with Crippen molar-refractivity contribution in [1.82, 2.24) is 25.4 Å². The van der Waals surface area contributed by atoms with Crippen LogP contribution in [-0.4, -0.2) is 34.3 Å². The lowest BCUT2D eigenvalue weighted by Gasteiger charge is -2.26. The SMILES string of the molecule is CCCCCC(C)(C)CNC(=NC)NCc1nncn1C.I. The zero-order valence-corrected chi connectivity index (χ0v) is 16.8. The molecule has 0 spiro atoms. The smallest absolute Gasteiger partial charge is 0.191 e. The van der Waals surface area contributed by atoms with Crippen molar-refractivity contribution in [1.29, 1.82) is 0 Å². The molecule has 0 radical (unpaired) electrons. The van der Waals surface area contributed by atoms with E-state index in [4.69, 9.17) is 0 Å². The van der Waals surface area contributed by atoms with E-state index in [1.54, 1.807) is 13.4 Å². The third kappa shape index (κ3) is 7.95. The number of nitrogens with one attached hydrogen (secondary N) is 2. The third-order valence-electron chi connectivity index (χ3n) is 3.63. The molecule has 2 N–H and O–H groups in total. The van der Waals surface area contributed by atoms with Gasteiger partial charge in [0, 0.05) is 20.6 Å². The number of guanidine groups is 1. The lowest BCUT2D eigenvalue weighted by molar-refractivity contribution is 0.318. The fraction of sp³-hybridized carbons (Fsp3) is 0.800. The number of aliphatic imine (C=N–C) groups is 1. The average molecular weight is 422 g/mol. The Bertz CT molecular complexity index is 441. The molecule has 1 heterocycles. The summed E-state index contributed by atoms with van der Waals surface area (Å²) in [5, 5.41) is 14.6. The Labute approximate surface area is 151 Å². The summed E-state index contributed by atoms with van der Waals surface area (Å²) in [6, 6.07) is 0. The van der Waals surface area contributed by atoms with Crippen molar-refractivity contribution in [2.24, 2.45) is 17.5 Å². The van der Waals surface area contributed by atoms with Gasteiger partial charge in [-0.25, -0.2) is 0 Å². The molecule has 0 aliphatic heterocycles. The van der Waals surface area contributed by atoms with Gasteiger partial charge in [-0.2, -0.15) is 0 Å². The number of aromatic nitrogens is 3. The van der Waals surface area contributed by atoms with Crippen LogP contribution in [0.25, 0.3) is 0 Å². The van der Waals surface area contributed by atoms with Crippen molar-refractivity contribution in [3.8, 4) is 0 Å². The van der Waals surface area contributed by atoms with Crippen LogP contribution in [0.3, 0.4) is 0 Å². The summed E-state index contributed by atoms with van der Waals surface area (Å²) in [5.74, 6) is 1.70. The lowest BCUT2D eigenvalue weighted by atomic mass is 9.87. The lowest BCUT2D eigenvalue weighted by Crippen LogP contribution is -2.42. The Hall–Kier alpha value is -0.860. The Balaban J connectivity index is 0.00000441. The standard InChI is InChI=1S/C15H30N6.HI/c1-6-7-8-9-15(2,3)11-18-14(16-4)17-10-13-20-19-12-21(13)5;/h12H,6-11H2,1-5H3,(H2,16,17,18);1H. The third-order valence-corrected chi connectivity index (χ3v) is 3.63. The van der Waals surface area contributed by atoms with Gasteiger partial charge in [-0.15, -0.1) is 34.2 Å². The second-order valence-electron chi connectivity index (χ2n) is 6.26. The molecule has 0 atom stereocenters. The van der Waals surface area contributed by atoms with Crippen LogP contribution >= 0.6 is 24.0 Å². The first-order valence-electron chi connectivity index (χ1n) is 7.76. The Morgan fingerprint density at radius 2 is 2.05 bits per heavy atom. The number of unbranched alkanes of at least 4 members (excludes halogenated alkanes) is 2. The van der Waals surface area contributed by atoms with Gasteiger partial charge >= 0.3 is 0 Å². The van der Waals surface area contributed by atoms with E-state index in [1.165, 1.54) is 25.7 Å². The number of nitrogens with zero attached hydrogens (tertiary/aromatic N) is 4. The minimum absolute atomic E-state index is 0. The van der Waals surface area contributed by atoms with E-state index in [-0.39, 0.29) is 29.4 Å². The number of rotatable bonds is 8. The first kappa shape index (κ1) is 21.1. The fourth-order valence-electron chi connectivity index (χ4n) is 2.12. The van der Waals surface area contributed by atoms with E-state index in [1.807, 2.05) is 11.6 Å². The predicted octanol–water partition coefficient (Wildman–Crippen LogP) is 2.70. The van der Waals surface area contributed by atoms with E-state index >= 15 is 0 Å². The van der Waals surface area contributed by atoms with Crippen LogP contribution in [0, 0.1) is 5.41 Å². The van der Waals surface area contributed by atoms with E-state index in [2.05, 4.69) is 46.6 Å². The van der Waals surface area contributed by atoms with Gasteiger partial charge in [0.15, 0.2) is 11.8 Å². The highest BCUT2D eigenvalue weighted by molar-refractivity contribution is 14.0. The molecule has 1 aromatic heterocycles. The normalized spacial score (nSPS) is 12.0. The van der Waals surface area contributed by atoms with Crippen molar-refractivity contribution in [3.05, 3.63) is 12.2 Å². The maximum Gasteiger partial charge on any atom is 0.191 e. The largest absolute Gasteiger partial charge is 0.356 e. The topological polar surface area (TPSA) is 67.1 Å². The van der Waals surface area contributed by atoms with Gasteiger partial charge in [-0.1, -0.05) is 40.0 Å². The van der Waals surface area contributed by atoms with E-state index in [0.717, 1.165) is 18.3 Å². The molecule has 7 heteroatoms. The summed E-state index contributed by atoms with van der Waals surface area (Å²) in [6.45, 7) is 8.36. The molecular formula is C15H31IN6. The van der Waals surface area contributed by atoms with E-state index in [0.29, 0.717) is 6.54 Å². The highest BCUT2D eigenvalue weighted by Crippen LogP contribution is 2.22. The monoisotopic (exact) mass is 422 g/mol. The molecule has 0 saturated heterocycles. The van der Waals surface area contributed by atoms with E-state index < -0.39 is 0 Å². The molecule has 0 saturated carbocycles. The van der Waals surface area contributed by atoms with Crippen LogP contribution in [0.15, 0.2) is 11.3 Å². The molecule has 6 nitrogen and oxygen atoms in total. The average Bonchev–Trinajstić information content (AvgIpc) is 2.85. The van der Waals surface area contributed by atoms with Crippen molar-refractivity contribution in [3.63, 3.8) is 0 Å². The number of hydrogen-bond donors (Lipinski definition) is 2. The number of hydrogen-bond acceptors (Lipinski definition) is 3. The summed E-state index contributed by atoms with van der Waals surface area (Å²) >= 11 is 0. The molecule has 1 aromatic rings. The fourth-order valence-corrected chi connectivity index (χ4v) is 2.12. The number of aryl methyl sites for hydroxylation is 1. The van der Waals surface area contributed by atoms with E-state index in [9.17, 15) is 0 Å². The highest BCUT2D eigenvalue weighted by atomic mass is 127. The Kier molecular flexibility index (Phi) is 10.4. The second-order valence-corrected chi connectivity index (χ2v) is 6.26. The van der Waals surface area contributed by atoms with Gasteiger partial charge in [0.05, 0.1) is 6.54 Å². The Morgan fingerprint density at radius 1 is 1.32 bits per heavy atom. The molecule has 22 heavy (non-hydrogen) atoms. The van der Waals surface area contributed by atoms with Crippen molar-refractivity contribution >= 4 is 29.9 Å². The molecule has 0 aromatic carbocycles. The molecule has 0 unspecified atom stereocenters. The van der Waals surface area contributed by atoms with Gasteiger partial charge < -0.3 is 15.2 Å². The maximum absolute atomic E-state index is 4.25. The quantitative estimate of drug-likeness (QED) is 0.293. The molecule has 0 bridgehead atoms. The zero-order valence-electron chi connectivity index (χ0n) is 14.5. The molecule has 0 aliphatic carbocycles. The summed E-state index contributed by atoms with van der Waals surface area (Å²) in [7, 11) is 3.72. The van der Waals surface area contributed by atoms with Crippen LogP contribution in [-0.2, 0) is 13.6 Å². The summed E-state index contributed by atoms with van der Waals surface area (Å²) in [6.07, 6.45) is 6.79. The van der Waals surface area contributed by atoms with Gasteiger partial charge in [-0.3, -0.25) is 4.99 Å². The Morgan fingerprint density at radius 3 is 2.59 bits per heavy atom. The van der Waals surface area contributed by atoms with Crippen LogP contribution in [0.2, 0.25) is 0 Å². The molecule has 0 amide bonds. The van der Waals surface area contributed by atoms with Crippen LogP contribution in [0.4, 0.5) is 0 Å². The minimum Gasteiger partial charge on any atom is -0.356 e. The highest BCUT2D eigenvalue weighted by Gasteiger charge is 2.17. The first-order chi connectivity index (χ1) is 9.98.